The zero-order valence-electron chi connectivity index (χ0n) is 7.07. The van der Waals surface area contributed by atoms with E-state index in [1.807, 2.05) is 0 Å². The molecule has 0 unspecified atom stereocenters. The van der Waals surface area contributed by atoms with Crippen LogP contribution < -0.4 is 6.15 Å². The van der Waals surface area contributed by atoms with Gasteiger partial charge in [-0.3, -0.25) is 10.1 Å². The molecule has 0 aliphatic heterocycles. The standard InChI is InChI=1S/C6H5NO2.HNO3.H3N/c8-7(9)6-4-2-1-3-5-6;2-1(3)4;/h1-5H;(H,2,3,4);1H3. The van der Waals surface area contributed by atoms with E-state index in [1.165, 1.54) is 12.1 Å². The molecule has 0 bridgehead atoms. The second-order valence-corrected chi connectivity index (χ2v) is 1.83. The summed E-state index contributed by atoms with van der Waals surface area (Å²) in [5, 5.41) is 23.6. The predicted molar refractivity (Wildman–Crippen MR) is 46.9 cm³/mol. The third-order valence-corrected chi connectivity index (χ3v) is 0.967. The quantitative estimate of drug-likeness (QED) is 0.521. The maximum Gasteiger partial charge on any atom is 0.291 e. The molecule has 1 rings (SSSR count). The van der Waals surface area contributed by atoms with Crippen molar-refractivity contribution >= 4 is 5.69 Å². The van der Waals surface area contributed by atoms with Gasteiger partial charge < -0.3 is 11.4 Å². The molecule has 0 atom stereocenters. The van der Waals surface area contributed by atoms with Crippen LogP contribution in [0.5, 0.6) is 0 Å². The topological polar surface area (TPSA) is 142 Å². The van der Waals surface area contributed by atoms with E-state index in [2.05, 4.69) is 0 Å². The summed E-state index contributed by atoms with van der Waals surface area (Å²) < 4.78 is 0. The van der Waals surface area contributed by atoms with Crippen molar-refractivity contribution in [3.63, 3.8) is 0 Å². The van der Waals surface area contributed by atoms with Gasteiger partial charge in [0.15, 0.2) is 0 Å². The number of benzene rings is 1. The highest BCUT2D eigenvalue weighted by Crippen LogP contribution is 2.06. The maximum atomic E-state index is 10.0. The van der Waals surface area contributed by atoms with Crippen molar-refractivity contribution in [3.8, 4) is 0 Å². The Labute approximate surface area is 78.6 Å². The van der Waals surface area contributed by atoms with Gasteiger partial charge in [-0.05, 0) is 0 Å². The largest absolute Gasteiger partial charge is 0.344 e. The first-order valence-corrected chi connectivity index (χ1v) is 3.06. The highest BCUT2D eigenvalue weighted by atomic mass is 16.9. The fourth-order valence-electron chi connectivity index (χ4n) is 0.550. The summed E-state index contributed by atoms with van der Waals surface area (Å²) in [5.41, 5.74) is 0.137. The minimum absolute atomic E-state index is 0. The Bertz CT molecular complexity index is 285. The Kier molecular flexibility index (Phi) is 7.60. The van der Waals surface area contributed by atoms with E-state index in [-0.39, 0.29) is 11.8 Å². The van der Waals surface area contributed by atoms with E-state index in [0.717, 1.165) is 0 Å². The van der Waals surface area contributed by atoms with Crippen molar-refractivity contribution in [2.75, 3.05) is 0 Å². The molecule has 0 aliphatic rings. The van der Waals surface area contributed by atoms with E-state index in [9.17, 15) is 10.1 Å². The molecule has 0 aliphatic carbocycles. The zero-order valence-corrected chi connectivity index (χ0v) is 7.07. The summed E-state index contributed by atoms with van der Waals surface area (Å²) in [6.45, 7) is 0. The second-order valence-electron chi connectivity index (χ2n) is 1.83. The predicted octanol–water partition coefficient (Wildman–Crippen LogP) is 1.41. The number of nitro benzene ring substituents is 1. The van der Waals surface area contributed by atoms with E-state index in [4.69, 9.17) is 15.3 Å². The molecule has 0 aromatic heterocycles. The molecule has 0 saturated carbocycles. The van der Waals surface area contributed by atoms with Gasteiger partial charge in [-0.25, -0.2) is 0 Å². The van der Waals surface area contributed by atoms with Gasteiger partial charge in [-0.2, -0.15) is 0 Å². The zero-order chi connectivity index (χ0) is 10.3. The molecule has 78 valence electrons. The van der Waals surface area contributed by atoms with E-state index in [1.54, 1.807) is 18.2 Å². The summed E-state index contributed by atoms with van der Waals surface area (Å²) in [6.07, 6.45) is 0. The lowest BCUT2D eigenvalue weighted by atomic mass is 10.3. The number of nitrogens with zero attached hydrogens (tertiary/aromatic N) is 2. The summed E-state index contributed by atoms with van der Waals surface area (Å²) in [5.74, 6) is 0. The van der Waals surface area contributed by atoms with E-state index in [0.29, 0.717) is 0 Å². The first-order valence-electron chi connectivity index (χ1n) is 3.06. The van der Waals surface area contributed by atoms with Gasteiger partial charge in [0.1, 0.15) is 0 Å². The van der Waals surface area contributed by atoms with Crippen LogP contribution in [0.25, 0.3) is 0 Å². The first kappa shape index (κ1) is 14.3. The van der Waals surface area contributed by atoms with Gasteiger partial charge in [0, 0.05) is 12.1 Å². The van der Waals surface area contributed by atoms with Gasteiger partial charge in [0.25, 0.3) is 10.8 Å². The monoisotopic (exact) mass is 203 g/mol. The van der Waals surface area contributed by atoms with Crippen molar-refractivity contribution in [2.24, 2.45) is 0 Å². The van der Waals surface area contributed by atoms with Gasteiger partial charge in [-0.1, -0.05) is 18.2 Å². The molecule has 0 heterocycles. The average Bonchev–Trinajstić information content (AvgIpc) is 2.05. The first-order chi connectivity index (χ1) is 6.04. The van der Waals surface area contributed by atoms with Crippen LogP contribution in [0.3, 0.4) is 0 Å². The van der Waals surface area contributed by atoms with Crippen molar-refractivity contribution in [1.29, 1.82) is 0 Å². The van der Waals surface area contributed by atoms with Crippen LogP contribution in [0.4, 0.5) is 5.69 Å². The molecule has 8 heteroatoms. The molecule has 14 heavy (non-hydrogen) atoms. The molecule has 4 N–H and O–H groups in total. The minimum atomic E-state index is -1.50. The second kappa shape index (κ2) is 7.43. The number of rotatable bonds is 1. The highest BCUT2D eigenvalue weighted by molar-refractivity contribution is 5.27. The number of nitro groups is 1. The number of para-hydroxylation sites is 1. The molecule has 0 fully saturated rings. The lowest BCUT2D eigenvalue weighted by Crippen LogP contribution is -1.84. The third kappa shape index (κ3) is 7.88. The van der Waals surface area contributed by atoms with E-state index < -0.39 is 10.0 Å². The van der Waals surface area contributed by atoms with Crippen LogP contribution in [0.2, 0.25) is 0 Å². The molecule has 1 aromatic rings. The lowest BCUT2D eigenvalue weighted by molar-refractivity contribution is -0.742. The normalized spacial score (nSPS) is 7.43. The molecule has 1 aromatic carbocycles. The summed E-state index contributed by atoms with van der Waals surface area (Å²) >= 11 is 0. The summed E-state index contributed by atoms with van der Waals surface area (Å²) in [4.78, 5) is 18.0. The van der Waals surface area contributed by atoms with Crippen LogP contribution in [-0.4, -0.2) is 15.2 Å². The lowest BCUT2D eigenvalue weighted by Gasteiger charge is -1.85. The van der Waals surface area contributed by atoms with Crippen molar-refractivity contribution in [1.82, 2.24) is 6.15 Å². The van der Waals surface area contributed by atoms with Crippen LogP contribution in [0.1, 0.15) is 0 Å². The van der Waals surface area contributed by atoms with Crippen molar-refractivity contribution in [3.05, 3.63) is 50.6 Å². The molecular formula is C6H9N3O5. The number of non-ortho nitro benzene ring substituents is 1. The van der Waals surface area contributed by atoms with Crippen LogP contribution >= 0.6 is 0 Å². The molecule has 0 radical (unpaired) electrons. The summed E-state index contributed by atoms with van der Waals surface area (Å²) in [6, 6.07) is 7.93. The van der Waals surface area contributed by atoms with Crippen LogP contribution in [0, 0.1) is 20.2 Å². The fourth-order valence-corrected chi connectivity index (χ4v) is 0.550. The Morgan fingerprint density at radius 3 is 1.64 bits per heavy atom. The molecule has 0 spiro atoms. The molecule has 8 nitrogen and oxygen atoms in total. The SMILES string of the molecule is N.O=[N+]([O-])O.O=[N+]([O-])c1ccccc1. The minimum Gasteiger partial charge on any atom is -0.344 e. The molecular weight excluding hydrogens is 194 g/mol. The number of hydrogen-bond acceptors (Lipinski definition) is 5. The fraction of sp³-hybridized carbons (Fsp3) is 0. The Morgan fingerprint density at radius 1 is 1.07 bits per heavy atom. The molecule has 0 saturated heterocycles. The Morgan fingerprint density at radius 2 is 1.43 bits per heavy atom. The van der Waals surface area contributed by atoms with Gasteiger partial charge in [-0.15, -0.1) is 10.1 Å². The van der Waals surface area contributed by atoms with Gasteiger partial charge in [0.05, 0.1) is 4.92 Å². The van der Waals surface area contributed by atoms with Gasteiger partial charge in [0.2, 0.25) is 0 Å². The Hall–Kier alpha value is -2.22. The van der Waals surface area contributed by atoms with Crippen molar-refractivity contribution in [2.45, 2.75) is 0 Å². The van der Waals surface area contributed by atoms with Crippen molar-refractivity contribution < 1.29 is 15.2 Å². The number of hydrogen-bond donors (Lipinski definition) is 2. The molecule has 0 amide bonds. The Balaban J connectivity index is 0. The van der Waals surface area contributed by atoms with Crippen LogP contribution in [0.15, 0.2) is 30.3 Å². The summed E-state index contributed by atoms with van der Waals surface area (Å²) in [7, 11) is 0. The average molecular weight is 203 g/mol. The highest BCUT2D eigenvalue weighted by Gasteiger charge is 1.98. The van der Waals surface area contributed by atoms with Gasteiger partial charge >= 0.3 is 0 Å². The van der Waals surface area contributed by atoms with E-state index >= 15 is 0 Å². The maximum absolute atomic E-state index is 10.0. The smallest absolute Gasteiger partial charge is 0.291 e. The van der Waals surface area contributed by atoms with Crippen LogP contribution in [-0.2, 0) is 0 Å². The third-order valence-electron chi connectivity index (χ3n) is 0.967.